The molecule has 0 fully saturated rings. The van der Waals surface area contributed by atoms with Gasteiger partial charge in [0, 0.05) is 10.7 Å². The van der Waals surface area contributed by atoms with E-state index in [2.05, 4.69) is 10.0 Å². The van der Waals surface area contributed by atoms with Crippen molar-refractivity contribution in [3.63, 3.8) is 0 Å². The molecule has 0 saturated carbocycles. The minimum absolute atomic E-state index is 0.00788. The van der Waals surface area contributed by atoms with Crippen LogP contribution in [-0.2, 0) is 14.8 Å². The van der Waals surface area contributed by atoms with E-state index in [9.17, 15) is 13.2 Å². The number of anilines is 1. The van der Waals surface area contributed by atoms with Gasteiger partial charge in [0.2, 0.25) is 15.9 Å². The van der Waals surface area contributed by atoms with Crippen molar-refractivity contribution in [3.05, 3.63) is 82.8 Å². The van der Waals surface area contributed by atoms with Crippen LogP contribution >= 0.6 is 23.2 Å². The molecule has 0 saturated heterocycles. The molecule has 0 spiro atoms. The SMILES string of the molecule is C[C@@H](NS(=O)(=O)c1cc(Cl)ccc1Cl)C(=O)Nc1ccc(Oc2ccccc2)cc1. The van der Waals surface area contributed by atoms with Crippen molar-refractivity contribution in [3.8, 4) is 11.5 Å². The van der Waals surface area contributed by atoms with Crippen molar-refractivity contribution < 1.29 is 17.9 Å². The van der Waals surface area contributed by atoms with Crippen LogP contribution in [0.15, 0.2) is 77.7 Å². The summed E-state index contributed by atoms with van der Waals surface area (Å²) in [5, 5.41) is 2.88. The molecule has 0 aliphatic rings. The minimum Gasteiger partial charge on any atom is -0.457 e. The van der Waals surface area contributed by atoms with E-state index >= 15 is 0 Å². The molecular weight excluding hydrogens is 447 g/mol. The fourth-order valence-electron chi connectivity index (χ4n) is 2.51. The summed E-state index contributed by atoms with van der Waals surface area (Å²) in [5.74, 6) is 0.758. The van der Waals surface area contributed by atoms with E-state index in [0.29, 0.717) is 17.2 Å². The number of benzene rings is 3. The van der Waals surface area contributed by atoms with Gasteiger partial charge in [-0.25, -0.2) is 8.42 Å². The third-order valence-corrected chi connectivity index (χ3v) is 6.27. The van der Waals surface area contributed by atoms with Gasteiger partial charge in [0.25, 0.3) is 0 Å². The number of hydrogen-bond acceptors (Lipinski definition) is 4. The second-order valence-electron chi connectivity index (χ2n) is 6.35. The second-order valence-corrected chi connectivity index (χ2v) is 8.87. The van der Waals surface area contributed by atoms with Crippen LogP contribution in [-0.4, -0.2) is 20.4 Å². The molecule has 3 aromatic carbocycles. The lowest BCUT2D eigenvalue weighted by atomic mass is 10.2. The number of para-hydroxylation sites is 1. The lowest BCUT2D eigenvalue weighted by Gasteiger charge is -2.15. The molecule has 30 heavy (non-hydrogen) atoms. The van der Waals surface area contributed by atoms with Gasteiger partial charge in [-0.1, -0.05) is 41.4 Å². The molecule has 1 atom stereocenters. The maximum atomic E-state index is 12.5. The van der Waals surface area contributed by atoms with Gasteiger partial charge < -0.3 is 10.1 Å². The molecule has 0 aromatic heterocycles. The van der Waals surface area contributed by atoms with Crippen LogP contribution in [0.25, 0.3) is 0 Å². The Balaban J connectivity index is 1.63. The summed E-state index contributed by atoms with van der Waals surface area (Å²) >= 11 is 11.8. The van der Waals surface area contributed by atoms with Crippen LogP contribution in [0.3, 0.4) is 0 Å². The monoisotopic (exact) mass is 464 g/mol. The number of halogens is 2. The van der Waals surface area contributed by atoms with Gasteiger partial charge >= 0.3 is 0 Å². The molecule has 9 heteroatoms. The summed E-state index contributed by atoms with van der Waals surface area (Å²) in [6.07, 6.45) is 0. The van der Waals surface area contributed by atoms with Crippen LogP contribution < -0.4 is 14.8 Å². The highest BCUT2D eigenvalue weighted by Gasteiger charge is 2.24. The van der Waals surface area contributed by atoms with Crippen molar-refractivity contribution in [1.82, 2.24) is 4.72 Å². The Morgan fingerprint density at radius 1 is 0.933 bits per heavy atom. The summed E-state index contributed by atoms with van der Waals surface area (Å²) in [5.41, 5.74) is 0.493. The molecule has 0 bridgehead atoms. The van der Waals surface area contributed by atoms with Crippen molar-refractivity contribution in [2.45, 2.75) is 17.9 Å². The van der Waals surface area contributed by atoms with Crippen LogP contribution in [0.4, 0.5) is 5.69 Å². The topological polar surface area (TPSA) is 84.5 Å². The fourth-order valence-corrected chi connectivity index (χ4v) is 4.48. The Bertz CT molecular complexity index is 1140. The van der Waals surface area contributed by atoms with Gasteiger partial charge in [0.05, 0.1) is 11.1 Å². The fraction of sp³-hybridized carbons (Fsp3) is 0.0952. The van der Waals surface area contributed by atoms with Crippen molar-refractivity contribution in [2.75, 3.05) is 5.32 Å². The third kappa shape index (κ3) is 5.73. The van der Waals surface area contributed by atoms with Gasteiger partial charge in [-0.2, -0.15) is 4.72 Å². The quantitative estimate of drug-likeness (QED) is 0.509. The highest BCUT2D eigenvalue weighted by molar-refractivity contribution is 7.89. The largest absolute Gasteiger partial charge is 0.457 e. The summed E-state index contributed by atoms with van der Waals surface area (Å²) in [6, 6.07) is 19.0. The predicted molar refractivity (Wildman–Crippen MR) is 118 cm³/mol. The first kappa shape index (κ1) is 22.1. The van der Waals surface area contributed by atoms with Crippen molar-refractivity contribution >= 4 is 44.8 Å². The number of carbonyl (C=O) groups excluding carboxylic acids is 1. The number of nitrogens with one attached hydrogen (secondary N) is 2. The van der Waals surface area contributed by atoms with Crippen LogP contribution in [0, 0.1) is 0 Å². The zero-order valence-corrected chi connectivity index (χ0v) is 18.1. The molecule has 3 aromatic rings. The Hall–Kier alpha value is -2.58. The Labute approximate surface area is 184 Å². The first-order valence-electron chi connectivity index (χ1n) is 8.86. The van der Waals surface area contributed by atoms with Gasteiger partial charge in [0.15, 0.2) is 0 Å². The predicted octanol–water partition coefficient (Wildman–Crippen LogP) is 5.09. The third-order valence-electron chi connectivity index (χ3n) is 4.01. The molecule has 0 aliphatic heterocycles. The van der Waals surface area contributed by atoms with Crippen molar-refractivity contribution in [2.24, 2.45) is 0 Å². The molecule has 0 unspecified atom stereocenters. The molecule has 3 rings (SSSR count). The van der Waals surface area contributed by atoms with E-state index in [1.54, 1.807) is 24.3 Å². The zero-order chi connectivity index (χ0) is 21.7. The molecule has 156 valence electrons. The molecule has 0 aliphatic carbocycles. The Morgan fingerprint density at radius 2 is 1.57 bits per heavy atom. The van der Waals surface area contributed by atoms with E-state index in [-0.39, 0.29) is 14.9 Å². The van der Waals surface area contributed by atoms with Crippen LogP contribution in [0.1, 0.15) is 6.92 Å². The van der Waals surface area contributed by atoms with Crippen molar-refractivity contribution in [1.29, 1.82) is 0 Å². The molecule has 1 amide bonds. The van der Waals surface area contributed by atoms with Crippen LogP contribution in [0.5, 0.6) is 11.5 Å². The van der Waals surface area contributed by atoms with Gasteiger partial charge in [-0.05, 0) is 61.5 Å². The molecule has 0 radical (unpaired) electrons. The van der Waals surface area contributed by atoms with E-state index in [1.165, 1.54) is 25.1 Å². The zero-order valence-electron chi connectivity index (χ0n) is 15.8. The van der Waals surface area contributed by atoms with Crippen LogP contribution in [0.2, 0.25) is 10.0 Å². The first-order valence-corrected chi connectivity index (χ1v) is 11.1. The van der Waals surface area contributed by atoms with Gasteiger partial charge in [-0.3, -0.25) is 4.79 Å². The number of hydrogen-bond donors (Lipinski definition) is 2. The number of amides is 1. The number of carbonyl (C=O) groups is 1. The molecule has 2 N–H and O–H groups in total. The molecule has 0 heterocycles. The van der Waals surface area contributed by atoms with E-state index < -0.39 is 22.0 Å². The van der Waals surface area contributed by atoms with E-state index in [0.717, 1.165) is 0 Å². The highest BCUT2D eigenvalue weighted by Crippen LogP contribution is 2.25. The lowest BCUT2D eigenvalue weighted by molar-refractivity contribution is -0.117. The maximum absolute atomic E-state index is 12.5. The summed E-state index contributed by atoms with van der Waals surface area (Å²) in [6.45, 7) is 1.43. The summed E-state index contributed by atoms with van der Waals surface area (Å²) in [4.78, 5) is 12.2. The number of rotatable bonds is 7. The second kappa shape index (κ2) is 9.49. The standard InChI is InChI=1S/C21H18Cl2N2O4S/c1-14(25-30(27,28)20-13-15(22)7-12-19(20)23)21(26)24-16-8-10-18(11-9-16)29-17-5-3-2-4-6-17/h2-14,25H,1H3,(H,24,26)/t14-/m1/s1. The lowest BCUT2D eigenvalue weighted by Crippen LogP contribution is -2.41. The smallest absolute Gasteiger partial charge is 0.242 e. The maximum Gasteiger partial charge on any atom is 0.242 e. The van der Waals surface area contributed by atoms with E-state index in [4.69, 9.17) is 27.9 Å². The number of sulfonamides is 1. The Morgan fingerprint density at radius 3 is 2.23 bits per heavy atom. The highest BCUT2D eigenvalue weighted by atomic mass is 35.5. The summed E-state index contributed by atoms with van der Waals surface area (Å²) < 4.78 is 33.1. The average molecular weight is 465 g/mol. The molecule has 6 nitrogen and oxygen atoms in total. The van der Waals surface area contributed by atoms with Gasteiger partial charge in [0.1, 0.15) is 16.4 Å². The minimum atomic E-state index is -4.04. The molecular formula is C21H18Cl2N2O4S. The average Bonchev–Trinajstić information content (AvgIpc) is 2.71. The Kier molecular flexibility index (Phi) is 6.99. The summed E-state index contributed by atoms with van der Waals surface area (Å²) in [7, 11) is -4.04. The van der Waals surface area contributed by atoms with E-state index in [1.807, 2.05) is 30.3 Å². The number of ether oxygens (including phenoxy) is 1. The normalized spacial score (nSPS) is 12.2. The van der Waals surface area contributed by atoms with Gasteiger partial charge in [-0.15, -0.1) is 0 Å². The first-order chi connectivity index (χ1) is 14.2.